The average molecular weight is 411 g/mol. The second kappa shape index (κ2) is 9.60. The number of amides is 1. The second-order valence-corrected chi connectivity index (χ2v) is 7.94. The maximum Gasteiger partial charge on any atom is 0.262 e. The highest BCUT2D eigenvalue weighted by atomic mass is 32.2. The molecule has 7 heteroatoms. The Morgan fingerprint density at radius 3 is 2.55 bits per heavy atom. The van der Waals surface area contributed by atoms with Crippen molar-refractivity contribution in [1.82, 2.24) is 14.9 Å². The van der Waals surface area contributed by atoms with Crippen molar-refractivity contribution in [2.24, 2.45) is 0 Å². The Labute approximate surface area is 174 Å². The highest BCUT2D eigenvalue weighted by Gasteiger charge is 2.12. The first-order valence-corrected chi connectivity index (χ1v) is 10.6. The van der Waals surface area contributed by atoms with Gasteiger partial charge in [0.25, 0.3) is 5.56 Å². The number of benzene rings is 2. The van der Waals surface area contributed by atoms with Crippen molar-refractivity contribution in [2.75, 3.05) is 24.7 Å². The van der Waals surface area contributed by atoms with Crippen LogP contribution in [0.2, 0.25) is 0 Å². The third-order valence-electron chi connectivity index (χ3n) is 4.55. The van der Waals surface area contributed by atoms with E-state index in [-0.39, 0.29) is 17.2 Å². The molecule has 0 aliphatic rings. The summed E-state index contributed by atoms with van der Waals surface area (Å²) in [4.78, 5) is 31.7. The molecular weight excluding hydrogens is 384 g/mol. The molecule has 1 N–H and O–H groups in total. The summed E-state index contributed by atoms with van der Waals surface area (Å²) < 4.78 is 1.67. The summed E-state index contributed by atoms with van der Waals surface area (Å²) in [5.41, 5.74) is 2.77. The Bertz CT molecular complexity index is 1040. The molecule has 6 nitrogen and oxygen atoms in total. The monoisotopic (exact) mass is 410 g/mol. The molecule has 29 heavy (non-hydrogen) atoms. The maximum absolute atomic E-state index is 12.8. The van der Waals surface area contributed by atoms with Crippen molar-refractivity contribution in [1.29, 1.82) is 0 Å². The minimum atomic E-state index is -0.0860. The van der Waals surface area contributed by atoms with Crippen molar-refractivity contribution in [3.8, 4) is 0 Å². The zero-order valence-corrected chi connectivity index (χ0v) is 17.8. The summed E-state index contributed by atoms with van der Waals surface area (Å²) >= 11 is 1.30. The number of nitrogens with one attached hydrogen (secondary N) is 1. The van der Waals surface area contributed by atoms with Gasteiger partial charge in [-0.3, -0.25) is 14.2 Å². The Kier molecular flexibility index (Phi) is 6.93. The summed E-state index contributed by atoms with van der Waals surface area (Å²) in [5, 5.41) is 4.12. The molecule has 0 spiro atoms. The SMILES string of the molecule is CCCn1c(SCC(=O)NCc2ccc(N(C)C)cc2)nc2ccccc2c1=O. The minimum Gasteiger partial charge on any atom is -0.378 e. The van der Waals surface area contributed by atoms with Gasteiger partial charge in [-0.1, -0.05) is 43.0 Å². The fourth-order valence-corrected chi connectivity index (χ4v) is 3.83. The van der Waals surface area contributed by atoms with E-state index >= 15 is 0 Å². The van der Waals surface area contributed by atoms with Crippen LogP contribution in [-0.4, -0.2) is 35.3 Å². The topological polar surface area (TPSA) is 67.2 Å². The molecule has 0 unspecified atom stereocenters. The van der Waals surface area contributed by atoms with Gasteiger partial charge in [0.1, 0.15) is 0 Å². The molecule has 0 atom stereocenters. The van der Waals surface area contributed by atoms with Crippen molar-refractivity contribution >= 4 is 34.3 Å². The highest BCUT2D eigenvalue weighted by Crippen LogP contribution is 2.18. The lowest BCUT2D eigenvalue weighted by Gasteiger charge is -2.13. The molecule has 0 fully saturated rings. The number of anilines is 1. The zero-order chi connectivity index (χ0) is 20.8. The number of rotatable bonds is 8. The summed E-state index contributed by atoms with van der Waals surface area (Å²) in [6.07, 6.45) is 0.822. The van der Waals surface area contributed by atoms with E-state index in [4.69, 9.17) is 0 Å². The fourth-order valence-electron chi connectivity index (χ4n) is 2.97. The lowest BCUT2D eigenvalue weighted by atomic mass is 10.2. The molecule has 0 aliphatic heterocycles. The van der Waals surface area contributed by atoms with Crippen molar-refractivity contribution < 1.29 is 4.79 Å². The van der Waals surface area contributed by atoms with Crippen LogP contribution in [-0.2, 0) is 17.9 Å². The molecule has 3 rings (SSSR count). The molecule has 152 valence electrons. The summed E-state index contributed by atoms with van der Waals surface area (Å²) in [6.45, 7) is 3.07. The van der Waals surface area contributed by atoms with Crippen LogP contribution in [0.3, 0.4) is 0 Å². The first-order chi connectivity index (χ1) is 14.0. The number of hydrogen-bond acceptors (Lipinski definition) is 5. The fraction of sp³-hybridized carbons (Fsp3) is 0.318. The molecule has 1 heterocycles. The van der Waals surface area contributed by atoms with Crippen LogP contribution in [0, 0.1) is 0 Å². The Morgan fingerprint density at radius 2 is 1.86 bits per heavy atom. The normalized spacial score (nSPS) is 10.9. The Balaban J connectivity index is 1.65. The first kappa shape index (κ1) is 20.9. The molecule has 1 aromatic heterocycles. The molecule has 0 saturated carbocycles. The van der Waals surface area contributed by atoms with Crippen LogP contribution in [0.15, 0.2) is 58.5 Å². The number of carbonyl (C=O) groups excluding carboxylic acids is 1. The van der Waals surface area contributed by atoms with Gasteiger partial charge in [-0.2, -0.15) is 0 Å². The van der Waals surface area contributed by atoms with Gasteiger partial charge in [-0.25, -0.2) is 4.98 Å². The Morgan fingerprint density at radius 1 is 1.14 bits per heavy atom. The van der Waals surface area contributed by atoms with Gasteiger partial charge in [0.05, 0.1) is 16.7 Å². The zero-order valence-electron chi connectivity index (χ0n) is 17.0. The van der Waals surface area contributed by atoms with Gasteiger partial charge >= 0.3 is 0 Å². The molecular formula is C22H26N4O2S. The number of aromatic nitrogens is 2. The van der Waals surface area contributed by atoms with E-state index in [1.807, 2.05) is 68.4 Å². The number of hydrogen-bond donors (Lipinski definition) is 1. The lowest BCUT2D eigenvalue weighted by Crippen LogP contribution is -2.26. The van der Waals surface area contributed by atoms with Gasteiger partial charge < -0.3 is 10.2 Å². The van der Waals surface area contributed by atoms with Gasteiger partial charge in [-0.05, 0) is 36.2 Å². The van der Waals surface area contributed by atoms with E-state index in [9.17, 15) is 9.59 Å². The smallest absolute Gasteiger partial charge is 0.262 e. The quantitative estimate of drug-likeness (QED) is 0.456. The van der Waals surface area contributed by atoms with Crippen molar-refractivity contribution in [3.05, 3.63) is 64.4 Å². The molecule has 0 bridgehead atoms. The predicted molar refractivity (Wildman–Crippen MR) is 120 cm³/mol. The van der Waals surface area contributed by atoms with Gasteiger partial charge in [0.2, 0.25) is 5.91 Å². The molecule has 0 saturated heterocycles. The van der Waals surface area contributed by atoms with Crippen LogP contribution in [0.4, 0.5) is 5.69 Å². The van der Waals surface area contributed by atoms with E-state index in [0.717, 1.165) is 17.7 Å². The molecule has 0 aliphatic carbocycles. The van der Waals surface area contributed by atoms with E-state index in [1.165, 1.54) is 11.8 Å². The van der Waals surface area contributed by atoms with Crippen LogP contribution < -0.4 is 15.8 Å². The van der Waals surface area contributed by atoms with E-state index in [2.05, 4.69) is 10.3 Å². The largest absolute Gasteiger partial charge is 0.378 e. The molecule has 0 radical (unpaired) electrons. The average Bonchev–Trinajstić information content (AvgIpc) is 2.73. The molecule has 2 aromatic carbocycles. The van der Waals surface area contributed by atoms with Crippen LogP contribution in [0.25, 0.3) is 10.9 Å². The van der Waals surface area contributed by atoms with Crippen LogP contribution in [0.1, 0.15) is 18.9 Å². The van der Waals surface area contributed by atoms with E-state index in [0.29, 0.717) is 29.1 Å². The standard InChI is InChI=1S/C22H26N4O2S/c1-4-13-26-21(28)18-7-5-6-8-19(18)24-22(26)29-15-20(27)23-14-16-9-11-17(12-10-16)25(2)3/h5-12H,4,13-15H2,1-3H3,(H,23,27). The maximum atomic E-state index is 12.8. The first-order valence-electron chi connectivity index (χ1n) is 9.65. The van der Waals surface area contributed by atoms with Crippen molar-refractivity contribution in [2.45, 2.75) is 31.6 Å². The number of carbonyl (C=O) groups is 1. The number of thioether (sulfide) groups is 1. The van der Waals surface area contributed by atoms with E-state index in [1.54, 1.807) is 10.6 Å². The summed E-state index contributed by atoms with van der Waals surface area (Å²) in [6, 6.07) is 15.4. The predicted octanol–water partition coefficient (Wildman–Crippen LogP) is 3.28. The summed E-state index contributed by atoms with van der Waals surface area (Å²) in [5.74, 6) is 0.127. The van der Waals surface area contributed by atoms with E-state index < -0.39 is 0 Å². The third kappa shape index (κ3) is 5.17. The minimum absolute atomic E-state index is 0.0543. The van der Waals surface area contributed by atoms with Gasteiger partial charge in [-0.15, -0.1) is 0 Å². The second-order valence-electron chi connectivity index (χ2n) is 6.99. The summed E-state index contributed by atoms with van der Waals surface area (Å²) in [7, 11) is 3.99. The van der Waals surface area contributed by atoms with Gasteiger partial charge in [0, 0.05) is 32.9 Å². The number of nitrogens with zero attached hydrogens (tertiary/aromatic N) is 3. The van der Waals surface area contributed by atoms with Crippen LogP contribution in [0.5, 0.6) is 0 Å². The third-order valence-corrected chi connectivity index (χ3v) is 5.53. The van der Waals surface area contributed by atoms with Crippen molar-refractivity contribution in [3.63, 3.8) is 0 Å². The number of fused-ring (bicyclic) bond motifs is 1. The van der Waals surface area contributed by atoms with Crippen LogP contribution >= 0.6 is 11.8 Å². The highest BCUT2D eigenvalue weighted by molar-refractivity contribution is 7.99. The molecule has 3 aromatic rings. The number of para-hydroxylation sites is 1. The molecule has 1 amide bonds. The lowest BCUT2D eigenvalue weighted by molar-refractivity contribution is -0.118. The van der Waals surface area contributed by atoms with Gasteiger partial charge in [0.15, 0.2) is 5.16 Å². The Hall–Kier alpha value is -2.80.